The van der Waals surface area contributed by atoms with Crippen LogP contribution in [0.1, 0.15) is 35.2 Å². The lowest BCUT2D eigenvalue weighted by Crippen LogP contribution is -2.29. The molecule has 0 aromatic heterocycles. The highest BCUT2D eigenvalue weighted by Gasteiger charge is 2.46. The van der Waals surface area contributed by atoms with Crippen LogP contribution in [0.2, 0.25) is 0 Å². The number of carbonyl (C=O) groups excluding carboxylic acids is 2. The van der Waals surface area contributed by atoms with Gasteiger partial charge in [-0.1, -0.05) is 54.1 Å². The first-order chi connectivity index (χ1) is 15.4. The van der Waals surface area contributed by atoms with Crippen molar-refractivity contribution in [2.45, 2.75) is 26.8 Å². The molecule has 1 aliphatic rings. The molecule has 0 radical (unpaired) electrons. The lowest BCUT2D eigenvalue weighted by Gasteiger charge is -2.26. The molecule has 162 valence electrons. The van der Waals surface area contributed by atoms with Crippen molar-refractivity contribution < 1.29 is 19.4 Å². The summed E-state index contributed by atoms with van der Waals surface area (Å²) in [5, 5.41) is 11.1. The number of hydrogen-bond donors (Lipinski definition) is 1. The van der Waals surface area contributed by atoms with Gasteiger partial charge in [-0.2, -0.15) is 0 Å². The van der Waals surface area contributed by atoms with Crippen LogP contribution in [0.25, 0.3) is 5.76 Å². The number of aliphatic hydroxyl groups excluding tert-OH is 1. The molecule has 1 unspecified atom stereocenters. The molecule has 0 saturated carbocycles. The zero-order valence-corrected chi connectivity index (χ0v) is 18.3. The number of Topliss-reactive ketones (excluding diaryl/α,β-unsaturated/α-hetero) is 1. The third kappa shape index (κ3) is 3.89. The van der Waals surface area contributed by atoms with Gasteiger partial charge in [0.1, 0.15) is 11.5 Å². The van der Waals surface area contributed by atoms with Crippen LogP contribution in [0, 0.1) is 13.8 Å². The van der Waals surface area contributed by atoms with E-state index in [9.17, 15) is 14.7 Å². The van der Waals surface area contributed by atoms with E-state index in [0.29, 0.717) is 29.2 Å². The molecule has 4 rings (SSSR count). The Hall–Kier alpha value is -3.86. The van der Waals surface area contributed by atoms with Gasteiger partial charge in [-0.05, 0) is 56.2 Å². The minimum atomic E-state index is -0.756. The Bertz CT molecular complexity index is 1190. The van der Waals surface area contributed by atoms with E-state index in [2.05, 4.69) is 0 Å². The lowest BCUT2D eigenvalue weighted by atomic mass is 9.94. The van der Waals surface area contributed by atoms with Crippen LogP contribution >= 0.6 is 0 Å². The normalized spacial score (nSPS) is 17.6. The molecule has 5 nitrogen and oxygen atoms in total. The van der Waals surface area contributed by atoms with Crippen molar-refractivity contribution in [1.29, 1.82) is 0 Å². The van der Waals surface area contributed by atoms with Crippen molar-refractivity contribution in [2.75, 3.05) is 11.5 Å². The van der Waals surface area contributed by atoms with Gasteiger partial charge in [0.15, 0.2) is 0 Å². The molecule has 1 saturated heterocycles. The Balaban J connectivity index is 1.91. The standard InChI is InChI=1S/C27H25NO4/c1-4-32-22-14-12-19(13-15-22)24-23(25(29)20-10-8-17(2)9-11-20)26(30)27(31)28(24)21-7-5-6-18(3)16-21/h5-16,24,29H,4H2,1-3H3/b25-23+. The van der Waals surface area contributed by atoms with E-state index in [1.807, 2.05) is 63.2 Å². The van der Waals surface area contributed by atoms with Gasteiger partial charge in [-0.3, -0.25) is 14.5 Å². The summed E-state index contributed by atoms with van der Waals surface area (Å²) in [5.74, 6) is -0.855. The largest absolute Gasteiger partial charge is 0.507 e. The minimum absolute atomic E-state index is 0.0736. The number of rotatable bonds is 5. The zero-order valence-electron chi connectivity index (χ0n) is 18.3. The Labute approximate surface area is 187 Å². The van der Waals surface area contributed by atoms with Gasteiger partial charge in [0, 0.05) is 11.3 Å². The fourth-order valence-corrected chi connectivity index (χ4v) is 3.97. The van der Waals surface area contributed by atoms with Crippen molar-refractivity contribution in [1.82, 2.24) is 0 Å². The molecular formula is C27H25NO4. The van der Waals surface area contributed by atoms with E-state index in [1.165, 1.54) is 4.90 Å². The number of benzene rings is 3. The first kappa shape index (κ1) is 21.4. The number of aliphatic hydroxyl groups is 1. The van der Waals surface area contributed by atoms with E-state index in [-0.39, 0.29) is 11.3 Å². The summed E-state index contributed by atoms with van der Waals surface area (Å²) in [7, 11) is 0. The first-order valence-electron chi connectivity index (χ1n) is 10.6. The predicted molar refractivity (Wildman–Crippen MR) is 125 cm³/mol. The molecule has 1 aliphatic heterocycles. The number of carbonyl (C=O) groups is 2. The fraction of sp³-hybridized carbons (Fsp3) is 0.185. The second-order valence-electron chi connectivity index (χ2n) is 7.88. The Morgan fingerprint density at radius 2 is 1.62 bits per heavy atom. The summed E-state index contributed by atoms with van der Waals surface area (Å²) < 4.78 is 5.54. The highest BCUT2D eigenvalue weighted by atomic mass is 16.5. The quantitative estimate of drug-likeness (QED) is 0.340. The lowest BCUT2D eigenvalue weighted by molar-refractivity contribution is -0.132. The van der Waals surface area contributed by atoms with E-state index in [1.54, 1.807) is 30.3 Å². The van der Waals surface area contributed by atoms with Crippen LogP contribution in [0.3, 0.4) is 0 Å². The van der Waals surface area contributed by atoms with Gasteiger partial charge in [0.25, 0.3) is 11.7 Å². The molecule has 1 amide bonds. The maximum absolute atomic E-state index is 13.2. The number of hydrogen-bond acceptors (Lipinski definition) is 4. The van der Waals surface area contributed by atoms with Crippen molar-refractivity contribution in [3.05, 3.63) is 101 Å². The molecule has 1 atom stereocenters. The van der Waals surface area contributed by atoms with Gasteiger partial charge in [0.05, 0.1) is 18.2 Å². The first-order valence-corrected chi connectivity index (χ1v) is 10.6. The molecule has 1 N–H and O–H groups in total. The smallest absolute Gasteiger partial charge is 0.300 e. The molecular weight excluding hydrogens is 402 g/mol. The van der Waals surface area contributed by atoms with E-state index in [0.717, 1.165) is 11.1 Å². The van der Waals surface area contributed by atoms with Gasteiger partial charge < -0.3 is 9.84 Å². The van der Waals surface area contributed by atoms with Crippen LogP contribution in [0.5, 0.6) is 5.75 Å². The highest BCUT2D eigenvalue weighted by Crippen LogP contribution is 2.42. The summed E-state index contributed by atoms with van der Waals surface area (Å²) in [5.41, 5.74) is 3.88. The Morgan fingerprint density at radius 1 is 0.938 bits per heavy atom. The second-order valence-corrected chi connectivity index (χ2v) is 7.88. The van der Waals surface area contributed by atoms with Gasteiger partial charge >= 0.3 is 0 Å². The Morgan fingerprint density at radius 3 is 2.25 bits per heavy atom. The van der Waals surface area contributed by atoms with Gasteiger partial charge in [0.2, 0.25) is 0 Å². The molecule has 1 heterocycles. The summed E-state index contributed by atoms with van der Waals surface area (Å²) in [6.07, 6.45) is 0. The van der Waals surface area contributed by atoms with Crippen LogP contribution < -0.4 is 9.64 Å². The topological polar surface area (TPSA) is 66.8 Å². The highest BCUT2D eigenvalue weighted by molar-refractivity contribution is 6.51. The SMILES string of the molecule is CCOc1ccc(C2/C(=C(\O)c3ccc(C)cc3)C(=O)C(=O)N2c2cccc(C)c2)cc1. The third-order valence-electron chi connectivity index (χ3n) is 5.56. The molecule has 0 aliphatic carbocycles. The molecule has 0 bridgehead atoms. The number of anilines is 1. The maximum atomic E-state index is 13.2. The van der Waals surface area contributed by atoms with E-state index in [4.69, 9.17) is 4.74 Å². The van der Waals surface area contributed by atoms with E-state index < -0.39 is 17.7 Å². The molecule has 3 aromatic carbocycles. The molecule has 5 heteroatoms. The van der Waals surface area contributed by atoms with Gasteiger partial charge in [-0.15, -0.1) is 0 Å². The minimum Gasteiger partial charge on any atom is -0.507 e. The summed E-state index contributed by atoms with van der Waals surface area (Å²) >= 11 is 0. The van der Waals surface area contributed by atoms with Gasteiger partial charge in [-0.25, -0.2) is 0 Å². The van der Waals surface area contributed by atoms with Crippen molar-refractivity contribution in [2.24, 2.45) is 0 Å². The van der Waals surface area contributed by atoms with Crippen LogP contribution in [-0.4, -0.2) is 23.4 Å². The number of ketones is 1. The molecule has 1 fully saturated rings. The van der Waals surface area contributed by atoms with E-state index >= 15 is 0 Å². The third-order valence-corrected chi connectivity index (χ3v) is 5.56. The van der Waals surface area contributed by atoms with Crippen LogP contribution in [0.4, 0.5) is 5.69 Å². The average Bonchev–Trinajstić information content (AvgIpc) is 3.05. The summed E-state index contributed by atoms with van der Waals surface area (Å²) in [6.45, 7) is 6.31. The zero-order chi connectivity index (χ0) is 22.8. The van der Waals surface area contributed by atoms with Crippen LogP contribution in [0.15, 0.2) is 78.4 Å². The molecule has 3 aromatic rings. The number of aryl methyl sites for hydroxylation is 2. The van der Waals surface area contributed by atoms with Crippen LogP contribution in [-0.2, 0) is 9.59 Å². The monoisotopic (exact) mass is 427 g/mol. The molecule has 32 heavy (non-hydrogen) atoms. The average molecular weight is 428 g/mol. The van der Waals surface area contributed by atoms with Crippen molar-refractivity contribution in [3.63, 3.8) is 0 Å². The van der Waals surface area contributed by atoms with Crippen molar-refractivity contribution >= 4 is 23.1 Å². The number of amides is 1. The Kier molecular flexibility index (Phi) is 5.82. The number of nitrogens with zero attached hydrogens (tertiary/aromatic N) is 1. The number of ether oxygens (including phenoxy) is 1. The summed E-state index contributed by atoms with van der Waals surface area (Å²) in [4.78, 5) is 27.8. The maximum Gasteiger partial charge on any atom is 0.300 e. The molecule has 0 spiro atoms. The fourth-order valence-electron chi connectivity index (χ4n) is 3.97. The predicted octanol–water partition coefficient (Wildman–Crippen LogP) is 5.33. The van der Waals surface area contributed by atoms with Crippen molar-refractivity contribution in [3.8, 4) is 5.75 Å². The summed E-state index contributed by atoms with van der Waals surface area (Å²) in [6, 6.07) is 21.2. The second kappa shape index (κ2) is 8.71.